The largest absolute Gasteiger partial charge is 0.417 e. The highest BCUT2D eigenvalue weighted by molar-refractivity contribution is 5.51. The van der Waals surface area contributed by atoms with Crippen LogP contribution in [0.1, 0.15) is 25.0 Å². The molecule has 0 saturated carbocycles. The molecule has 0 amide bonds. The van der Waals surface area contributed by atoms with E-state index in [2.05, 4.69) is 34.8 Å². The lowest BCUT2D eigenvalue weighted by Gasteiger charge is -2.43. The third kappa shape index (κ3) is 3.13. The van der Waals surface area contributed by atoms with Crippen LogP contribution in [0.25, 0.3) is 0 Å². The number of hydrogen-bond donors (Lipinski definition) is 0. The van der Waals surface area contributed by atoms with E-state index in [1.165, 1.54) is 4.90 Å². The Bertz CT molecular complexity index is 652. The van der Waals surface area contributed by atoms with E-state index in [9.17, 15) is 18.4 Å². The molecule has 24 heavy (non-hydrogen) atoms. The van der Waals surface area contributed by atoms with Gasteiger partial charge in [0.1, 0.15) is 5.82 Å². The van der Waals surface area contributed by atoms with Crippen LogP contribution in [0.15, 0.2) is 12.3 Å². The van der Waals surface area contributed by atoms with Gasteiger partial charge in [0, 0.05) is 37.4 Å². The number of piperazine rings is 1. The summed E-state index contributed by atoms with van der Waals surface area (Å²) in [6, 6.07) is 1.57. The lowest BCUT2D eigenvalue weighted by atomic mass is 10.1. The fourth-order valence-electron chi connectivity index (χ4n) is 3.42. The molecule has 0 spiro atoms. The molecule has 1 atom stereocenters. The topological polar surface area (TPSA) is 46.4 Å². The Labute approximate surface area is 139 Å². The lowest BCUT2D eigenvalue weighted by molar-refractivity contribution is -0.137. The van der Waals surface area contributed by atoms with Crippen molar-refractivity contribution < 1.29 is 13.2 Å². The summed E-state index contributed by atoms with van der Waals surface area (Å²) in [5.41, 5.74) is -0.301. The maximum atomic E-state index is 13.0. The Kier molecular flexibility index (Phi) is 4.30. The fourth-order valence-corrected chi connectivity index (χ4v) is 3.42. The minimum absolute atomic E-state index is 0.0475. The molecule has 8 heteroatoms. The molecule has 3 rings (SSSR count). The smallest absolute Gasteiger partial charge is 0.349 e. The molecular formula is C16H20F3N5. The highest BCUT2D eigenvalue weighted by Crippen LogP contribution is 2.34. The number of nitriles is 1. The van der Waals surface area contributed by atoms with Crippen molar-refractivity contribution in [2.45, 2.75) is 38.7 Å². The zero-order valence-corrected chi connectivity index (χ0v) is 13.7. The van der Waals surface area contributed by atoms with Gasteiger partial charge in [0.25, 0.3) is 0 Å². The van der Waals surface area contributed by atoms with Gasteiger partial charge >= 0.3 is 6.18 Å². The predicted molar refractivity (Wildman–Crippen MR) is 83.1 cm³/mol. The average molecular weight is 339 g/mol. The van der Waals surface area contributed by atoms with Gasteiger partial charge < -0.3 is 9.80 Å². The molecule has 2 aliphatic rings. The number of anilines is 1. The van der Waals surface area contributed by atoms with Crippen molar-refractivity contribution in [1.29, 1.82) is 5.26 Å². The van der Waals surface area contributed by atoms with Gasteiger partial charge in [-0.15, -0.1) is 0 Å². The van der Waals surface area contributed by atoms with Crippen LogP contribution in [0.4, 0.5) is 19.0 Å². The van der Waals surface area contributed by atoms with Gasteiger partial charge in [-0.25, -0.2) is 4.98 Å². The molecule has 1 saturated heterocycles. The van der Waals surface area contributed by atoms with Gasteiger partial charge in [-0.2, -0.15) is 18.4 Å². The molecule has 1 fully saturated rings. The van der Waals surface area contributed by atoms with E-state index < -0.39 is 11.7 Å². The second-order valence-corrected chi connectivity index (χ2v) is 6.62. The zero-order chi connectivity index (χ0) is 17.5. The molecule has 1 aromatic heterocycles. The molecule has 0 unspecified atom stereocenters. The van der Waals surface area contributed by atoms with Gasteiger partial charge in [0.2, 0.25) is 0 Å². The molecule has 2 aliphatic heterocycles. The van der Waals surface area contributed by atoms with Crippen molar-refractivity contribution in [3.05, 3.63) is 23.4 Å². The standard InChI is InChI=1S/C16H20F3N5/c1-11(2)23-3-4-24-14(9-23)8-22(10-20)7-12-5-13(16(17,18)19)6-21-15(12)24/h5-6,11,14H,3-4,7-9H2,1-2H3/t14-/m0/s1. The van der Waals surface area contributed by atoms with Crippen LogP contribution in [0, 0.1) is 11.5 Å². The second-order valence-electron chi connectivity index (χ2n) is 6.62. The molecule has 3 heterocycles. The minimum atomic E-state index is -4.43. The van der Waals surface area contributed by atoms with Crippen molar-refractivity contribution in [3.63, 3.8) is 0 Å². The maximum absolute atomic E-state index is 13.0. The Balaban J connectivity index is 1.97. The molecule has 5 nitrogen and oxygen atoms in total. The number of hydrogen-bond acceptors (Lipinski definition) is 5. The fraction of sp³-hybridized carbons (Fsp3) is 0.625. The number of rotatable bonds is 1. The highest BCUT2D eigenvalue weighted by atomic mass is 19.4. The number of halogens is 3. The van der Waals surface area contributed by atoms with E-state index in [4.69, 9.17) is 0 Å². The Morgan fingerprint density at radius 2 is 2.04 bits per heavy atom. The first-order valence-corrected chi connectivity index (χ1v) is 8.01. The third-order valence-electron chi connectivity index (χ3n) is 4.72. The first-order valence-electron chi connectivity index (χ1n) is 8.01. The van der Waals surface area contributed by atoms with Crippen LogP contribution in [0.5, 0.6) is 0 Å². The van der Waals surface area contributed by atoms with Gasteiger partial charge in [-0.1, -0.05) is 0 Å². The highest BCUT2D eigenvalue weighted by Gasteiger charge is 2.37. The third-order valence-corrected chi connectivity index (χ3v) is 4.72. The summed E-state index contributed by atoms with van der Waals surface area (Å²) in [6.45, 7) is 7.22. The van der Waals surface area contributed by atoms with Crippen LogP contribution in [-0.4, -0.2) is 53.0 Å². The quantitative estimate of drug-likeness (QED) is 0.735. The Hall–Kier alpha value is -2.01. The van der Waals surface area contributed by atoms with Gasteiger partial charge in [0.05, 0.1) is 24.7 Å². The van der Waals surface area contributed by atoms with Crippen molar-refractivity contribution >= 4 is 5.82 Å². The van der Waals surface area contributed by atoms with Gasteiger partial charge in [-0.3, -0.25) is 4.90 Å². The summed E-state index contributed by atoms with van der Waals surface area (Å²) >= 11 is 0. The van der Waals surface area contributed by atoms with Crippen LogP contribution in [0.2, 0.25) is 0 Å². The lowest BCUT2D eigenvalue weighted by Crippen LogP contribution is -2.57. The van der Waals surface area contributed by atoms with Crippen LogP contribution in [-0.2, 0) is 12.7 Å². The van der Waals surface area contributed by atoms with E-state index >= 15 is 0 Å². The summed E-state index contributed by atoms with van der Waals surface area (Å²) in [7, 11) is 0. The number of nitrogens with zero attached hydrogens (tertiary/aromatic N) is 5. The summed E-state index contributed by atoms with van der Waals surface area (Å²) in [4.78, 5) is 10.0. The van der Waals surface area contributed by atoms with Crippen molar-refractivity contribution in [1.82, 2.24) is 14.8 Å². The van der Waals surface area contributed by atoms with E-state index in [-0.39, 0.29) is 12.6 Å². The number of alkyl halides is 3. The predicted octanol–water partition coefficient (Wildman–Crippen LogP) is 2.30. The summed E-state index contributed by atoms with van der Waals surface area (Å²) in [5.74, 6) is 0.578. The SMILES string of the molecule is CC(C)N1CCN2c3ncc(C(F)(F)F)cc3CN(C#N)C[C@H]2C1. The van der Waals surface area contributed by atoms with Gasteiger partial charge in [0.15, 0.2) is 6.19 Å². The van der Waals surface area contributed by atoms with Gasteiger partial charge in [-0.05, 0) is 19.9 Å². The van der Waals surface area contributed by atoms with Crippen LogP contribution >= 0.6 is 0 Å². The summed E-state index contributed by atoms with van der Waals surface area (Å²) in [6.07, 6.45) is -1.43. The van der Waals surface area contributed by atoms with E-state index in [0.717, 1.165) is 25.4 Å². The minimum Gasteiger partial charge on any atom is -0.349 e. The maximum Gasteiger partial charge on any atom is 0.417 e. The Morgan fingerprint density at radius 1 is 1.29 bits per heavy atom. The van der Waals surface area contributed by atoms with E-state index in [0.29, 0.717) is 30.5 Å². The molecular weight excluding hydrogens is 319 g/mol. The monoisotopic (exact) mass is 339 g/mol. The average Bonchev–Trinajstić information content (AvgIpc) is 2.68. The van der Waals surface area contributed by atoms with E-state index in [1.807, 2.05) is 0 Å². The van der Waals surface area contributed by atoms with Crippen molar-refractivity contribution in [3.8, 4) is 6.19 Å². The normalized spacial score (nSPS) is 22.0. The van der Waals surface area contributed by atoms with E-state index in [1.54, 1.807) is 0 Å². The van der Waals surface area contributed by atoms with Crippen molar-refractivity contribution in [2.24, 2.45) is 0 Å². The molecule has 0 aromatic carbocycles. The molecule has 0 bridgehead atoms. The first kappa shape index (κ1) is 16.8. The number of aromatic nitrogens is 1. The molecule has 0 radical (unpaired) electrons. The molecule has 1 aromatic rings. The summed E-state index contributed by atoms with van der Waals surface area (Å²) < 4.78 is 38.9. The molecule has 130 valence electrons. The zero-order valence-electron chi connectivity index (χ0n) is 13.7. The molecule has 0 aliphatic carbocycles. The van der Waals surface area contributed by atoms with Crippen LogP contribution < -0.4 is 4.90 Å². The van der Waals surface area contributed by atoms with Crippen molar-refractivity contribution in [2.75, 3.05) is 31.1 Å². The van der Waals surface area contributed by atoms with Crippen LogP contribution in [0.3, 0.4) is 0 Å². The summed E-state index contributed by atoms with van der Waals surface area (Å²) in [5, 5.41) is 9.34. The number of fused-ring (bicyclic) bond motifs is 3. The number of pyridine rings is 1. The molecule has 0 N–H and O–H groups in total. The Morgan fingerprint density at radius 3 is 2.67 bits per heavy atom. The first-order chi connectivity index (χ1) is 11.3. The second kappa shape index (κ2) is 6.13.